The van der Waals surface area contributed by atoms with Gasteiger partial charge in [0.2, 0.25) is 0 Å². The highest BCUT2D eigenvalue weighted by Gasteiger charge is 2.24. The molecule has 156 valence electrons. The van der Waals surface area contributed by atoms with E-state index < -0.39 is 24.0 Å². The lowest BCUT2D eigenvalue weighted by Crippen LogP contribution is -2.51. The van der Waals surface area contributed by atoms with Gasteiger partial charge in [-0.15, -0.1) is 0 Å². The van der Waals surface area contributed by atoms with Gasteiger partial charge in [0, 0.05) is 16.5 Å². The minimum Gasteiger partial charge on any atom is -0.548 e. The van der Waals surface area contributed by atoms with Crippen LogP contribution in [0.3, 0.4) is 0 Å². The van der Waals surface area contributed by atoms with Crippen LogP contribution in [-0.4, -0.2) is 24.0 Å². The Bertz CT molecular complexity index is 1010. The average molecular weight is 400 g/mol. The number of fused-ring (bicyclic) bond motifs is 3. The SMILES string of the molecule is Cc1c(O[C@H](C)C(=O)N[C@@H](CC(C)C)C(=O)[O-])ccc2c3c(c(=O)oc12)CCC3. The van der Waals surface area contributed by atoms with Crippen LogP contribution in [0.5, 0.6) is 5.75 Å². The first-order valence-corrected chi connectivity index (χ1v) is 9.95. The van der Waals surface area contributed by atoms with E-state index in [0.29, 0.717) is 16.9 Å². The fourth-order valence-electron chi connectivity index (χ4n) is 3.81. The lowest BCUT2D eigenvalue weighted by Gasteiger charge is -2.24. The maximum absolute atomic E-state index is 12.4. The van der Waals surface area contributed by atoms with E-state index in [1.54, 1.807) is 19.9 Å². The van der Waals surface area contributed by atoms with Gasteiger partial charge in [-0.05, 0) is 63.1 Å². The first kappa shape index (κ1) is 20.9. The molecular formula is C22H26NO6-. The molecule has 3 rings (SSSR count). The lowest BCUT2D eigenvalue weighted by atomic mass is 10.0. The van der Waals surface area contributed by atoms with Gasteiger partial charge in [0.25, 0.3) is 5.91 Å². The van der Waals surface area contributed by atoms with Crippen molar-refractivity contribution in [2.75, 3.05) is 0 Å². The summed E-state index contributed by atoms with van der Waals surface area (Å²) in [5.41, 5.74) is 2.56. The second-order valence-corrected chi connectivity index (χ2v) is 8.04. The molecule has 0 unspecified atom stereocenters. The van der Waals surface area contributed by atoms with Crippen LogP contribution < -0.4 is 20.8 Å². The molecule has 1 aliphatic rings. The highest BCUT2D eigenvalue weighted by atomic mass is 16.5. The van der Waals surface area contributed by atoms with Crippen molar-refractivity contribution in [3.8, 4) is 5.75 Å². The van der Waals surface area contributed by atoms with E-state index in [9.17, 15) is 19.5 Å². The van der Waals surface area contributed by atoms with Crippen molar-refractivity contribution in [3.05, 3.63) is 39.2 Å². The number of rotatable bonds is 7. The summed E-state index contributed by atoms with van der Waals surface area (Å²) in [4.78, 5) is 36.0. The Morgan fingerprint density at radius 1 is 1.21 bits per heavy atom. The number of hydrogen-bond donors (Lipinski definition) is 1. The molecule has 1 aliphatic carbocycles. The number of amides is 1. The Morgan fingerprint density at radius 3 is 2.55 bits per heavy atom. The molecule has 1 aromatic heterocycles. The molecule has 1 heterocycles. The first-order valence-electron chi connectivity index (χ1n) is 9.95. The van der Waals surface area contributed by atoms with Gasteiger partial charge in [0.05, 0.1) is 12.0 Å². The van der Waals surface area contributed by atoms with Crippen LogP contribution in [0.25, 0.3) is 11.0 Å². The Hall–Kier alpha value is -2.83. The van der Waals surface area contributed by atoms with Gasteiger partial charge in [-0.25, -0.2) is 4.79 Å². The van der Waals surface area contributed by atoms with Crippen molar-refractivity contribution in [2.24, 2.45) is 5.92 Å². The molecule has 1 aromatic carbocycles. The smallest absolute Gasteiger partial charge is 0.339 e. The topological polar surface area (TPSA) is 109 Å². The molecule has 0 saturated carbocycles. The van der Waals surface area contributed by atoms with Gasteiger partial charge in [-0.1, -0.05) is 13.8 Å². The molecule has 2 atom stereocenters. The van der Waals surface area contributed by atoms with Crippen molar-refractivity contribution in [3.63, 3.8) is 0 Å². The van der Waals surface area contributed by atoms with Gasteiger partial charge in [0.1, 0.15) is 11.3 Å². The van der Waals surface area contributed by atoms with E-state index in [1.807, 2.05) is 19.9 Å². The maximum atomic E-state index is 12.4. The predicted molar refractivity (Wildman–Crippen MR) is 106 cm³/mol. The number of aryl methyl sites for hydroxylation is 2. The van der Waals surface area contributed by atoms with E-state index in [4.69, 9.17) is 9.15 Å². The van der Waals surface area contributed by atoms with Gasteiger partial charge >= 0.3 is 5.63 Å². The van der Waals surface area contributed by atoms with Crippen LogP contribution in [0.2, 0.25) is 0 Å². The third kappa shape index (κ3) is 4.28. The number of ether oxygens (including phenoxy) is 1. The normalized spacial score (nSPS) is 15.2. The van der Waals surface area contributed by atoms with Crippen molar-refractivity contribution in [1.82, 2.24) is 5.32 Å². The van der Waals surface area contributed by atoms with Gasteiger partial charge < -0.3 is 24.4 Å². The van der Waals surface area contributed by atoms with Gasteiger partial charge in [-0.3, -0.25) is 4.79 Å². The molecule has 0 bridgehead atoms. The monoisotopic (exact) mass is 400 g/mol. The highest BCUT2D eigenvalue weighted by Crippen LogP contribution is 2.33. The summed E-state index contributed by atoms with van der Waals surface area (Å²) in [6.45, 7) is 7.05. The molecular weight excluding hydrogens is 374 g/mol. The predicted octanol–water partition coefficient (Wildman–Crippen LogP) is 1.64. The summed E-state index contributed by atoms with van der Waals surface area (Å²) in [5.74, 6) is -1.37. The molecule has 1 amide bonds. The summed E-state index contributed by atoms with van der Waals surface area (Å²) < 4.78 is 11.3. The Balaban J connectivity index is 1.81. The lowest BCUT2D eigenvalue weighted by molar-refractivity contribution is -0.308. The quantitative estimate of drug-likeness (QED) is 0.708. The summed E-state index contributed by atoms with van der Waals surface area (Å²) >= 11 is 0. The van der Waals surface area contributed by atoms with Crippen molar-refractivity contribution in [1.29, 1.82) is 0 Å². The number of carboxylic acids is 1. The van der Waals surface area contributed by atoms with E-state index in [0.717, 1.165) is 35.8 Å². The van der Waals surface area contributed by atoms with Crippen LogP contribution in [0.15, 0.2) is 21.3 Å². The molecule has 7 heteroatoms. The summed E-state index contributed by atoms with van der Waals surface area (Å²) in [6.07, 6.45) is 1.85. The minimum atomic E-state index is -1.32. The average Bonchev–Trinajstić information content (AvgIpc) is 3.14. The summed E-state index contributed by atoms with van der Waals surface area (Å²) in [5, 5.41) is 14.6. The third-order valence-corrected chi connectivity index (χ3v) is 5.32. The highest BCUT2D eigenvalue weighted by molar-refractivity contribution is 5.87. The van der Waals surface area contributed by atoms with Crippen LogP contribution >= 0.6 is 0 Å². The number of aliphatic carboxylic acids is 1. The van der Waals surface area contributed by atoms with E-state index >= 15 is 0 Å². The molecule has 0 aliphatic heterocycles. The Labute approximate surface area is 169 Å². The first-order chi connectivity index (χ1) is 13.7. The van der Waals surface area contributed by atoms with Crippen molar-refractivity contribution >= 4 is 22.8 Å². The molecule has 0 fully saturated rings. The number of carbonyl (C=O) groups is 2. The fourth-order valence-corrected chi connectivity index (χ4v) is 3.81. The van der Waals surface area contributed by atoms with Gasteiger partial charge in [0.15, 0.2) is 6.10 Å². The molecule has 29 heavy (non-hydrogen) atoms. The van der Waals surface area contributed by atoms with Crippen molar-refractivity contribution in [2.45, 2.75) is 65.5 Å². The number of benzene rings is 1. The molecule has 7 nitrogen and oxygen atoms in total. The number of carboxylic acid groups (broad SMARTS) is 1. The minimum absolute atomic E-state index is 0.0850. The zero-order chi connectivity index (χ0) is 21.3. The summed E-state index contributed by atoms with van der Waals surface area (Å²) in [7, 11) is 0. The van der Waals surface area contributed by atoms with E-state index in [2.05, 4.69) is 5.32 Å². The second kappa shape index (κ2) is 8.27. The van der Waals surface area contributed by atoms with Crippen LogP contribution in [-0.2, 0) is 22.4 Å². The van der Waals surface area contributed by atoms with E-state index in [1.165, 1.54) is 0 Å². The molecule has 0 saturated heterocycles. The zero-order valence-electron chi connectivity index (χ0n) is 17.2. The number of hydrogen-bond acceptors (Lipinski definition) is 6. The van der Waals surface area contributed by atoms with Crippen molar-refractivity contribution < 1.29 is 23.8 Å². The molecule has 0 radical (unpaired) electrons. The number of carbonyl (C=O) groups excluding carboxylic acids is 2. The summed E-state index contributed by atoms with van der Waals surface area (Å²) in [6, 6.07) is 2.52. The number of nitrogens with one attached hydrogen (secondary N) is 1. The fraction of sp³-hybridized carbons (Fsp3) is 0.500. The Kier molecular flexibility index (Phi) is 5.96. The van der Waals surface area contributed by atoms with Crippen LogP contribution in [0.4, 0.5) is 0 Å². The molecule has 1 N–H and O–H groups in total. The largest absolute Gasteiger partial charge is 0.548 e. The second-order valence-electron chi connectivity index (χ2n) is 8.04. The third-order valence-electron chi connectivity index (χ3n) is 5.32. The zero-order valence-corrected chi connectivity index (χ0v) is 17.2. The van der Waals surface area contributed by atoms with Crippen LogP contribution in [0.1, 0.15) is 50.3 Å². The van der Waals surface area contributed by atoms with Gasteiger partial charge in [-0.2, -0.15) is 0 Å². The maximum Gasteiger partial charge on any atom is 0.339 e. The Morgan fingerprint density at radius 2 is 1.90 bits per heavy atom. The molecule has 2 aromatic rings. The van der Waals surface area contributed by atoms with Crippen LogP contribution in [0, 0.1) is 12.8 Å². The standard InChI is InChI=1S/C22H27NO6/c1-11(2)10-17(21(25)26)23-20(24)13(4)28-18-9-8-15-14-6-5-7-16(14)22(27)29-19(15)12(18)3/h8-9,11,13,17H,5-7,10H2,1-4H3,(H,23,24)(H,25,26)/p-1/t13-,17+/m1/s1. The van der Waals surface area contributed by atoms with E-state index in [-0.39, 0.29) is 18.0 Å². The molecule has 0 spiro atoms.